The first-order valence-electron chi connectivity index (χ1n) is 4.08. The van der Waals surface area contributed by atoms with Gasteiger partial charge in [-0.1, -0.05) is 20.8 Å². The molecule has 2 unspecified atom stereocenters. The third-order valence-corrected chi connectivity index (χ3v) is 4.06. The van der Waals surface area contributed by atoms with E-state index in [1.54, 1.807) is 0 Å². The van der Waals surface area contributed by atoms with Gasteiger partial charge in [0.25, 0.3) is 0 Å². The summed E-state index contributed by atoms with van der Waals surface area (Å²) in [5, 5.41) is 0. The predicted octanol–water partition coefficient (Wildman–Crippen LogP) is 0.948. The van der Waals surface area contributed by atoms with Gasteiger partial charge in [-0.25, -0.2) is 0 Å². The second-order valence-electron chi connectivity index (χ2n) is 4.66. The van der Waals surface area contributed by atoms with Crippen LogP contribution < -0.4 is 0 Å². The standard InChI is InChI=1S/C9H16O2S/c1-9(2,3)7-5-12(4,11)6-8(7)10/h7H,4-6H2,1-3H3. The van der Waals surface area contributed by atoms with Gasteiger partial charge in [0.1, 0.15) is 5.78 Å². The third-order valence-electron chi connectivity index (χ3n) is 2.31. The summed E-state index contributed by atoms with van der Waals surface area (Å²) in [5.74, 6) is 4.34. The van der Waals surface area contributed by atoms with Crippen LogP contribution in [-0.2, 0) is 14.3 Å². The number of hydrogen-bond donors (Lipinski definition) is 0. The summed E-state index contributed by atoms with van der Waals surface area (Å²) in [6.45, 7) is 6.03. The number of rotatable bonds is 0. The van der Waals surface area contributed by atoms with Gasteiger partial charge in [-0.3, -0.25) is 9.00 Å². The van der Waals surface area contributed by atoms with E-state index in [2.05, 4.69) is 5.87 Å². The van der Waals surface area contributed by atoms with Crippen LogP contribution >= 0.6 is 0 Å². The van der Waals surface area contributed by atoms with Crippen molar-refractivity contribution in [2.24, 2.45) is 11.3 Å². The third kappa shape index (κ3) is 1.89. The summed E-state index contributed by atoms with van der Waals surface area (Å²) >= 11 is 0. The van der Waals surface area contributed by atoms with Gasteiger partial charge in [-0.15, -0.1) is 0 Å². The van der Waals surface area contributed by atoms with E-state index in [1.165, 1.54) is 0 Å². The van der Waals surface area contributed by atoms with Crippen LogP contribution in [0.1, 0.15) is 20.8 Å². The Hall–Kier alpha value is -0.310. The van der Waals surface area contributed by atoms with Gasteiger partial charge in [-0.05, 0) is 20.8 Å². The largest absolute Gasteiger partial charge is 0.298 e. The van der Waals surface area contributed by atoms with Crippen molar-refractivity contribution >= 4 is 21.2 Å². The minimum absolute atomic E-state index is 0.0532. The van der Waals surface area contributed by atoms with Crippen molar-refractivity contribution < 1.29 is 9.00 Å². The molecule has 1 heterocycles. The zero-order valence-corrected chi connectivity index (χ0v) is 8.74. The highest BCUT2D eigenvalue weighted by Crippen LogP contribution is 2.32. The van der Waals surface area contributed by atoms with E-state index in [1.807, 2.05) is 20.8 Å². The zero-order chi connectivity index (χ0) is 9.57. The normalized spacial score (nSPS) is 37.2. The van der Waals surface area contributed by atoms with Crippen molar-refractivity contribution in [3.8, 4) is 0 Å². The number of hydrogen-bond acceptors (Lipinski definition) is 2. The first kappa shape index (κ1) is 9.78. The Morgan fingerprint density at radius 1 is 1.50 bits per heavy atom. The summed E-state index contributed by atoms with van der Waals surface area (Å²) in [5.41, 5.74) is -0.0616. The molecule has 1 aliphatic rings. The molecule has 1 aliphatic heterocycles. The average Bonchev–Trinajstić information content (AvgIpc) is 2.03. The first-order valence-corrected chi connectivity index (χ1v) is 6.14. The number of ketones is 1. The van der Waals surface area contributed by atoms with Gasteiger partial charge in [0.15, 0.2) is 0 Å². The molecule has 0 saturated carbocycles. The van der Waals surface area contributed by atoms with Gasteiger partial charge in [0.05, 0.1) is 5.75 Å². The number of carbonyl (C=O) groups excluding carboxylic acids is 1. The lowest BCUT2D eigenvalue weighted by Gasteiger charge is -2.24. The van der Waals surface area contributed by atoms with E-state index in [9.17, 15) is 9.00 Å². The van der Waals surface area contributed by atoms with Crippen molar-refractivity contribution in [2.45, 2.75) is 20.8 Å². The summed E-state index contributed by atoms with van der Waals surface area (Å²) in [4.78, 5) is 11.4. The Labute approximate surface area is 74.4 Å². The minimum Gasteiger partial charge on any atom is -0.298 e. The highest BCUT2D eigenvalue weighted by Gasteiger charge is 2.39. The SMILES string of the molecule is C=S1(=O)CC(=O)C(C(C)(C)C)C1. The molecule has 0 N–H and O–H groups in total. The van der Waals surface area contributed by atoms with Crippen molar-refractivity contribution in [1.82, 2.24) is 0 Å². The molecule has 70 valence electrons. The average molecular weight is 188 g/mol. The maximum atomic E-state index is 11.5. The fourth-order valence-corrected chi connectivity index (χ4v) is 3.68. The molecule has 3 heteroatoms. The Morgan fingerprint density at radius 3 is 2.17 bits per heavy atom. The van der Waals surface area contributed by atoms with E-state index in [0.717, 1.165) is 0 Å². The molecule has 0 spiro atoms. The second-order valence-corrected chi connectivity index (χ2v) is 7.22. The summed E-state index contributed by atoms with van der Waals surface area (Å²) in [6, 6.07) is 0. The quantitative estimate of drug-likeness (QED) is 0.530. The second kappa shape index (κ2) is 2.59. The molecule has 0 aromatic carbocycles. The smallest absolute Gasteiger partial charge is 0.149 e. The predicted molar refractivity (Wildman–Crippen MR) is 52.9 cm³/mol. The monoisotopic (exact) mass is 188 g/mol. The molecule has 0 amide bonds. The van der Waals surface area contributed by atoms with Gasteiger partial charge < -0.3 is 0 Å². The van der Waals surface area contributed by atoms with Crippen molar-refractivity contribution in [1.29, 1.82) is 0 Å². The molecule has 0 bridgehead atoms. The van der Waals surface area contributed by atoms with Crippen LogP contribution in [0.25, 0.3) is 0 Å². The Kier molecular flexibility index (Phi) is 2.11. The van der Waals surface area contributed by atoms with Gasteiger partial charge in [0, 0.05) is 11.7 Å². The molecule has 2 nitrogen and oxygen atoms in total. The van der Waals surface area contributed by atoms with Crippen LogP contribution in [0.2, 0.25) is 0 Å². The topological polar surface area (TPSA) is 34.1 Å². The molecule has 1 saturated heterocycles. The maximum Gasteiger partial charge on any atom is 0.149 e. The van der Waals surface area contributed by atoms with Crippen LogP contribution in [0.5, 0.6) is 0 Å². The molecule has 0 aliphatic carbocycles. The summed E-state index contributed by atoms with van der Waals surface area (Å²) < 4.78 is 11.5. The fourth-order valence-electron chi connectivity index (χ4n) is 1.55. The van der Waals surface area contributed by atoms with Gasteiger partial charge >= 0.3 is 0 Å². The van der Waals surface area contributed by atoms with Gasteiger partial charge in [0.2, 0.25) is 0 Å². The van der Waals surface area contributed by atoms with E-state index in [0.29, 0.717) is 5.75 Å². The Morgan fingerprint density at radius 2 is 2.00 bits per heavy atom. The van der Waals surface area contributed by atoms with Crippen LogP contribution in [0, 0.1) is 11.3 Å². The van der Waals surface area contributed by atoms with E-state index >= 15 is 0 Å². The van der Waals surface area contributed by atoms with Crippen molar-refractivity contribution in [2.75, 3.05) is 11.5 Å². The Bertz CT molecular complexity index is 293. The highest BCUT2D eigenvalue weighted by atomic mass is 32.2. The lowest BCUT2D eigenvalue weighted by Crippen LogP contribution is -2.27. The fraction of sp³-hybridized carbons (Fsp3) is 0.778. The molecule has 1 fully saturated rings. The highest BCUT2D eigenvalue weighted by molar-refractivity contribution is 8.01. The van der Waals surface area contributed by atoms with Crippen molar-refractivity contribution in [3.05, 3.63) is 0 Å². The minimum atomic E-state index is -2.08. The maximum absolute atomic E-state index is 11.5. The molecular weight excluding hydrogens is 172 g/mol. The van der Waals surface area contributed by atoms with E-state index in [4.69, 9.17) is 0 Å². The van der Waals surface area contributed by atoms with Crippen LogP contribution in [0.15, 0.2) is 0 Å². The van der Waals surface area contributed by atoms with Crippen LogP contribution in [0.3, 0.4) is 0 Å². The van der Waals surface area contributed by atoms with Gasteiger partial charge in [-0.2, -0.15) is 0 Å². The summed E-state index contributed by atoms with van der Waals surface area (Å²) in [6.07, 6.45) is 0. The number of carbonyl (C=O) groups is 1. The molecule has 0 aromatic rings. The van der Waals surface area contributed by atoms with Crippen molar-refractivity contribution in [3.63, 3.8) is 0 Å². The molecule has 12 heavy (non-hydrogen) atoms. The lowest BCUT2D eigenvalue weighted by atomic mass is 9.80. The molecule has 2 atom stereocenters. The molecule has 0 radical (unpaired) electrons. The molecule has 0 aromatic heterocycles. The lowest BCUT2D eigenvalue weighted by molar-refractivity contribution is -0.121. The molecular formula is C9H16O2S. The Balaban J connectivity index is 2.93. The number of Topliss-reactive ketones (excluding diaryl/α,β-unsaturated/α-hetero) is 1. The van der Waals surface area contributed by atoms with E-state index in [-0.39, 0.29) is 22.9 Å². The van der Waals surface area contributed by atoms with Crippen LogP contribution in [-0.4, -0.2) is 27.4 Å². The van der Waals surface area contributed by atoms with E-state index < -0.39 is 9.52 Å². The van der Waals surface area contributed by atoms with Crippen LogP contribution in [0.4, 0.5) is 0 Å². The molecule has 1 rings (SSSR count). The zero-order valence-electron chi connectivity index (χ0n) is 7.92. The summed E-state index contributed by atoms with van der Waals surface area (Å²) in [7, 11) is -2.08. The first-order chi connectivity index (χ1) is 5.22.